The molecule has 0 N–H and O–H groups in total. The van der Waals surface area contributed by atoms with Gasteiger partial charge in [-0.2, -0.15) is 0 Å². The molecule has 0 unspecified atom stereocenters. The number of aryl methyl sites for hydroxylation is 3. The Morgan fingerprint density at radius 1 is 1.18 bits per heavy atom. The first-order valence-corrected chi connectivity index (χ1v) is 4.44. The molecule has 1 aromatic heterocycles. The van der Waals surface area contributed by atoms with Gasteiger partial charge in [-0.05, 0) is 29.8 Å². The zero-order valence-corrected chi connectivity index (χ0v) is 8.57. The largest absolute Gasteiger partial charge is 0.237 e. The zero-order chi connectivity index (χ0) is 8.43. The van der Waals surface area contributed by atoms with E-state index in [0.717, 1.165) is 28.1 Å². The van der Waals surface area contributed by atoms with Crippen LogP contribution in [-0.4, -0.2) is 9.97 Å². The van der Waals surface area contributed by atoms with Crippen molar-refractivity contribution in [3.05, 3.63) is 21.7 Å². The third-order valence-electron chi connectivity index (χ3n) is 1.55. The Morgan fingerprint density at radius 3 is 2.00 bits per heavy atom. The lowest BCUT2D eigenvalue weighted by Gasteiger charge is -2.03. The summed E-state index contributed by atoms with van der Waals surface area (Å²) >= 11 is 3.42. The Balaban J connectivity index is 3.21. The highest BCUT2D eigenvalue weighted by Gasteiger charge is 2.02. The molecular formula is C8H11BrN2. The van der Waals surface area contributed by atoms with Crippen LogP contribution in [0.1, 0.15) is 24.1 Å². The van der Waals surface area contributed by atoms with E-state index in [0.29, 0.717) is 0 Å². The Hall–Kier alpha value is -0.440. The number of hydrogen-bond donors (Lipinski definition) is 0. The molecule has 0 amide bonds. The van der Waals surface area contributed by atoms with Gasteiger partial charge < -0.3 is 0 Å². The molecule has 0 saturated carbocycles. The van der Waals surface area contributed by atoms with Crippen molar-refractivity contribution in [3.8, 4) is 0 Å². The summed E-state index contributed by atoms with van der Waals surface area (Å²) < 4.78 is 1.02. The topological polar surface area (TPSA) is 25.8 Å². The fourth-order valence-electron chi connectivity index (χ4n) is 0.930. The third-order valence-corrected chi connectivity index (χ3v) is 2.69. The number of aromatic nitrogens is 2. The van der Waals surface area contributed by atoms with Gasteiger partial charge in [0, 0.05) is 6.42 Å². The second-order valence-corrected chi connectivity index (χ2v) is 3.27. The average Bonchev–Trinajstić information content (AvgIpc) is 1.99. The van der Waals surface area contributed by atoms with Crippen molar-refractivity contribution >= 4 is 15.9 Å². The summed E-state index contributed by atoms with van der Waals surface area (Å²) in [5, 5.41) is 0. The van der Waals surface area contributed by atoms with Gasteiger partial charge in [0.2, 0.25) is 0 Å². The summed E-state index contributed by atoms with van der Waals surface area (Å²) in [7, 11) is 0. The molecule has 0 radical (unpaired) electrons. The van der Waals surface area contributed by atoms with E-state index in [-0.39, 0.29) is 0 Å². The Labute approximate surface area is 75.2 Å². The van der Waals surface area contributed by atoms with Crippen molar-refractivity contribution in [2.45, 2.75) is 27.2 Å². The lowest BCUT2D eigenvalue weighted by molar-refractivity contribution is 0.888. The summed E-state index contributed by atoms with van der Waals surface area (Å²) in [4.78, 5) is 8.59. The molecule has 0 bridgehead atoms. The fraction of sp³-hybridized carbons (Fsp3) is 0.500. The van der Waals surface area contributed by atoms with Gasteiger partial charge in [-0.25, -0.2) is 9.97 Å². The predicted octanol–water partition coefficient (Wildman–Crippen LogP) is 2.42. The first kappa shape index (κ1) is 8.65. The smallest absolute Gasteiger partial charge is 0.128 e. The van der Waals surface area contributed by atoms with Crippen molar-refractivity contribution in [1.82, 2.24) is 9.97 Å². The Kier molecular flexibility index (Phi) is 2.60. The van der Waals surface area contributed by atoms with Crippen molar-refractivity contribution in [2.75, 3.05) is 0 Å². The normalized spacial score (nSPS) is 10.2. The maximum absolute atomic E-state index is 4.29. The lowest BCUT2D eigenvalue weighted by atomic mass is 10.3. The monoisotopic (exact) mass is 214 g/mol. The molecule has 0 fully saturated rings. The number of hydrogen-bond acceptors (Lipinski definition) is 2. The van der Waals surface area contributed by atoms with Crippen LogP contribution in [0.5, 0.6) is 0 Å². The van der Waals surface area contributed by atoms with Gasteiger partial charge in [0.05, 0.1) is 15.9 Å². The quantitative estimate of drug-likeness (QED) is 0.718. The van der Waals surface area contributed by atoms with Gasteiger partial charge in [0.15, 0.2) is 0 Å². The van der Waals surface area contributed by atoms with Crippen molar-refractivity contribution in [2.24, 2.45) is 0 Å². The molecule has 0 aliphatic rings. The van der Waals surface area contributed by atoms with E-state index < -0.39 is 0 Å². The first-order chi connectivity index (χ1) is 5.15. The van der Waals surface area contributed by atoms with E-state index in [1.165, 1.54) is 0 Å². The molecule has 0 spiro atoms. The highest BCUT2D eigenvalue weighted by molar-refractivity contribution is 9.10. The molecular weight excluding hydrogens is 204 g/mol. The highest BCUT2D eigenvalue weighted by atomic mass is 79.9. The van der Waals surface area contributed by atoms with Gasteiger partial charge >= 0.3 is 0 Å². The average molecular weight is 215 g/mol. The number of nitrogens with zero attached hydrogens (tertiary/aromatic N) is 2. The molecule has 0 aliphatic heterocycles. The van der Waals surface area contributed by atoms with E-state index >= 15 is 0 Å². The Morgan fingerprint density at radius 2 is 1.64 bits per heavy atom. The number of rotatable bonds is 1. The number of halogens is 1. The molecule has 1 aromatic rings. The fourth-order valence-corrected chi connectivity index (χ4v) is 1.11. The molecule has 2 nitrogen and oxygen atoms in total. The molecule has 60 valence electrons. The lowest BCUT2D eigenvalue weighted by Crippen LogP contribution is -1.98. The van der Waals surface area contributed by atoms with Crippen LogP contribution in [0.15, 0.2) is 4.47 Å². The summed E-state index contributed by atoms with van der Waals surface area (Å²) in [6.07, 6.45) is 0.898. The molecule has 0 aromatic carbocycles. The predicted molar refractivity (Wildman–Crippen MR) is 48.6 cm³/mol. The first-order valence-electron chi connectivity index (χ1n) is 3.64. The summed E-state index contributed by atoms with van der Waals surface area (Å²) in [5.74, 6) is 0.920. The van der Waals surface area contributed by atoms with Crippen molar-refractivity contribution in [1.29, 1.82) is 0 Å². The van der Waals surface area contributed by atoms with Gasteiger partial charge in [-0.1, -0.05) is 6.92 Å². The molecule has 1 rings (SSSR count). The van der Waals surface area contributed by atoms with Crippen molar-refractivity contribution in [3.63, 3.8) is 0 Å². The molecule has 0 atom stereocenters. The maximum atomic E-state index is 4.29. The second-order valence-electron chi connectivity index (χ2n) is 2.48. The van der Waals surface area contributed by atoms with Gasteiger partial charge in [-0.15, -0.1) is 0 Å². The van der Waals surface area contributed by atoms with Crippen LogP contribution in [-0.2, 0) is 6.42 Å². The minimum Gasteiger partial charge on any atom is -0.237 e. The van der Waals surface area contributed by atoms with Crippen LogP contribution in [0.4, 0.5) is 0 Å². The zero-order valence-electron chi connectivity index (χ0n) is 6.98. The summed E-state index contributed by atoms with van der Waals surface area (Å²) in [6, 6.07) is 0. The highest BCUT2D eigenvalue weighted by Crippen LogP contribution is 2.16. The molecule has 11 heavy (non-hydrogen) atoms. The van der Waals surface area contributed by atoms with E-state index in [9.17, 15) is 0 Å². The van der Waals surface area contributed by atoms with Crippen LogP contribution in [0, 0.1) is 13.8 Å². The third kappa shape index (κ3) is 1.77. The van der Waals surface area contributed by atoms with Crippen molar-refractivity contribution < 1.29 is 0 Å². The van der Waals surface area contributed by atoms with E-state index in [1.807, 2.05) is 13.8 Å². The second kappa shape index (κ2) is 3.30. The van der Waals surface area contributed by atoms with E-state index in [2.05, 4.69) is 32.8 Å². The van der Waals surface area contributed by atoms with Crippen LogP contribution >= 0.6 is 15.9 Å². The maximum Gasteiger partial charge on any atom is 0.128 e. The molecule has 0 saturated heterocycles. The molecule has 3 heteroatoms. The van der Waals surface area contributed by atoms with Gasteiger partial charge in [0.25, 0.3) is 0 Å². The standard InChI is InChI=1S/C8H11BrN2/c1-4-7-10-5(2)8(9)6(3)11-7/h4H2,1-3H3. The SMILES string of the molecule is CCc1nc(C)c(Br)c(C)n1. The minimum absolute atomic E-state index is 0.898. The van der Waals surface area contributed by atoms with E-state index in [4.69, 9.17) is 0 Å². The molecule has 0 aliphatic carbocycles. The van der Waals surface area contributed by atoms with Gasteiger partial charge in [-0.3, -0.25) is 0 Å². The van der Waals surface area contributed by atoms with Crippen LogP contribution < -0.4 is 0 Å². The Bertz CT molecular complexity index is 248. The van der Waals surface area contributed by atoms with Gasteiger partial charge in [0.1, 0.15) is 5.82 Å². The van der Waals surface area contributed by atoms with Crippen LogP contribution in [0.2, 0.25) is 0 Å². The molecule has 1 heterocycles. The van der Waals surface area contributed by atoms with Crippen LogP contribution in [0.25, 0.3) is 0 Å². The summed E-state index contributed by atoms with van der Waals surface area (Å²) in [5.41, 5.74) is 2.05. The van der Waals surface area contributed by atoms with Crippen LogP contribution in [0.3, 0.4) is 0 Å². The summed E-state index contributed by atoms with van der Waals surface area (Å²) in [6.45, 7) is 6.03. The van der Waals surface area contributed by atoms with E-state index in [1.54, 1.807) is 0 Å². The minimum atomic E-state index is 0.898.